The topological polar surface area (TPSA) is 83.5 Å². The van der Waals surface area contributed by atoms with Gasteiger partial charge in [0.2, 0.25) is 5.91 Å². The van der Waals surface area contributed by atoms with Crippen LogP contribution in [0.1, 0.15) is 54.1 Å². The first-order valence-corrected chi connectivity index (χ1v) is 10.9. The predicted molar refractivity (Wildman–Crippen MR) is 116 cm³/mol. The third-order valence-electron chi connectivity index (χ3n) is 4.33. The van der Waals surface area contributed by atoms with Crippen LogP contribution in [-0.4, -0.2) is 33.3 Å². The van der Waals surface area contributed by atoms with Crippen molar-refractivity contribution in [2.45, 2.75) is 45.3 Å². The molecule has 1 aromatic carbocycles. The van der Waals surface area contributed by atoms with Crippen molar-refractivity contribution in [3.63, 3.8) is 0 Å². The number of aryl methyl sites for hydroxylation is 2. The van der Waals surface area contributed by atoms with Crippen LogP contribution in [0.5, 0.6) is 0 Å². The Hall–Kier alpha value is -2.12. The van der Waals surface area contributed by atoms with E-state index < -0.39 is 10.7 Å². The second kappa shape index (κ2) is 9.39. The molecule has 0 aliphatic carbocycles. The van der Waals surface area contributed by atoms with Gasteiger partial charge in [-0.3, -0.25) is 14.4 Å². The minimum absolute atomic E-state index is 0.00249. The number of carbonyl (C=O) groups is 3. The van der Waals surface area contributed by atoms with Crippen LogP contribution >= 0.6 is 23.1 Å². The highest BCUT2D eigenvalue weighted by molar-refractivity contribution is 8.02. The summed E-state index contributed by atoms with van der Waals surface area (Å²) in [6.45, 7) is 7.17. The van der Waals surface area contributed by atoms with Crippen LogP contribution in [0, 0.1) is 0 Å². The number of carbonyl (C=O) groups excluding carboxylic acids is 2. The third kappa shape index (κ3) is 5.45. The summed E-state index contributed by atoms with van der Waals surface area (Å²) in [6, 6.07) is 9.31. The highest BCUT2D eigenvalue weighted by Crippen LogP contribution is 2.31. The lowest BCUT2D eigenvalue weighted by Gasteiger charge is -2.17. The number of thioether (sulfide) groups is 1. The molecular weight excluding hydrogens is 394 g/mol. The molecule has 0 radical (unpaired) electrons. The predicted octanol–water partition coefficient (Wildman–Crippen LogP) is 4.64. The van der Waals surface area contributed by atoms with Crippen molar-refractivity contribution in [1.82, 2.24) is 0 Å². The summed E-state index contributed by atoms with van der Waals surface area (Å²) < 4.78 is -1.05. The van der Waals surface area contributed by atoms with Gasteiger partial charge in [0.25, 0.3) is 0 Å². The number of hydrogen-bond acceptors (Lipinski definition) is 5. The van der Waals surface area contributed by atoms with E-state index in [1.807, 2.05) is 25.1 Å². The summed E-state index contributed by atoms with van der Waals surface area (Å²) in [5.41, 5.74) is 2.21. The number of aliphatic carboxylic acids is 1. The second-order valence-electron chi connectivity index (χ2n) is 6.84. The smallest absolute Gasteiger partial charge is 0.319 e. The lowest BCUT2D eigenvalue weighted by molar-refractivity contribution is -0.138. The minimum Gasteiger partial charge on any atom is -0.480 e. The zero-order chi connectivity index (χ0) is 20.9. The van der Waals surface area contributed by atoms with Crippen LogP contribution in [0.15, 0.2) is 30.3 Å². The molecule has 1 aromatic heterocycles. The molecule has 2 N–H and O–H groups in total. The van der Waals surface area contributed by atoms with Gasteiger partial charge in [0, 0.05) is 10.4 Å². The van der Waals surface area contributed by atoms with E-state index in [0.29, 0.717) is 16.1 Å². The molecule has 2 aromatic rings. The second-order valence-corrected chi connectivity index (χ2v) is 9.58. The number of carboxylic acid groups (broad SMARTS) is 1. The van der Waals surface area contributed by atoms with E-state index in [2.05, 4.69) is 12.2 Å². The Bertz CT molecular complexity index is 869. The van der Waals surface area contributed by atoms with Gasteiger partial charge in [0.05, 0.1) is 11.3 Å². The first kappa shape index (κ1) is 22.2. The molecule has 0 aliphatic rings. The molecule has 0 atom stereocenters. The Morgan fingerprint density at radius 2 is 1.75 bits per heavy atom. The highest BCUT2D eigenvalue weighted by atomic mass is 32.2. The molecule has 2 rings (SSSR count). The minimum atomic E-state index is -1.05. The van der Waals surface area contributed by atoms with E-state index in [9.17, 15) is 14.4 Å². The molecule has 5 nitrogen and oxygen atoms in total. The monoisotopic (exact) mass is 419 g/mol. The van der Waals surface area contributed by atoms with Gasteiger partial charge < -0.3 is 10.4 Å². The number of carboxylic acids is 1. The van der Waals surface area contributed by atoms with Crippen molar-refractivity contribution in [3.8, 4) is 0 Å². The molecule has 150 valence electrons. The Kier molecular flexibility index (Phi) is 7.43. The standard InChI is InChI=1S/C21H25NO4S2/c1-5-13-7-9-14(10-8-13)18(24)16-11-15(6-2)28-19(16)22-17(23)12-27-21(3,4)20(25)26/h7-11H,5-6,12H2,1-4H3,(H,22,23)(H,25,26). The largest absolute Gasteiger partial charge is 0.480 e. The van der Waals surface area contributed by atoms with E-state index in [1.54, 1.807) is 26.0 Å². The SMILES string of the molecule is CCc1ccc(C(=O)c2cc(CC)sc2NC(=O)CSC(C)(C)C(=O)O)cc1. The van der Waals surface area contributed by atoms with E-state index in [1.165, 1.54) is 11.3 Å². The Morgan fingerprint density at radius 3 is 2.29 bits per heavy atom. The number of hydrogen-bond donors (Lipinski definition) is 2. The van der Waals surface area contributed by atoms with Crippen molar-refractivity contribution >= 4 is 45.8 Å². The van der Waals surface area contributed by atoms with Gasteiger partial charge in [-0.15, -0.1) is 23.1 Å². The normalized spacial score (nSPS) is 11.3. The summed E-state index contributed by atoms with van der Waals surface area (Å²) in [6.07, 6.45) is 1.66. The van der Waals surface area contributed by atoms with Crippen molar-refractivity contribution < 1.29 is 19.5 Å². The molecular formula is C21H25NO4S2. The average molecular weight is 420 g/mol. The van der Waals surface area contributed by atoms with Gasteiger partial charge in [0.1, 0.15) is 9.75 Å². The molecule has 0 saturated carbocycles. The zero-order valence-electron chi connectivity index (χ0n) is 16.5. The van der Waals surface area contributed by atoms with Crippen LogP contribution in [0.4, 0.5) is 5.00 Å². The van der Waals surface area contributed by atoms with Crippen LogP contribution in [0.3, 0.4) is 0 Å². The quantitative estimate of drug-likeness (QED) is 0.579. The first-order chi connectivity index (χ1) is 13.2. The molecule has 28 heavy (non-hydrogen) atoms. The van der Waals surface area contributed by atoms with E-state index in [4.69, 9.17) is 5.11 Å². The molecule has 7 heteroatoms. The number of thiophene rings is 1. The van der Waals surface area contributed by atoms with Crippen molar-refractivity contribution in [2.24, 2.45) is 0 Å². The van der Waals surface area contributed by atoms with Gasteiger partial charge in [-0.2, -0.15) is 0 Å². The fourth-order valence-corrected chi connectivity index (χ4v) is 4.09. The van der Waals surface area contributed by atoms with Crippen molar-refractivity contribution in [1.29, 1.82) is 0 Å². The van der Waals surface area contributed by atoms with Crippen LogP contribution in [0.25, 0.3) is 0 Å². The Morgan fingerprint density at radius 1 is 1.11 bits per heavy atom. The fourth-order valence-electron chi connectivity index (χ4n) is 2.40. The van der Waals surface area contributed by atoms with Gasteiger partial charge >= 0.3 is 5.97 Å². The summed E-state index contributed by atoms with van der Waals surface area (Å²) in [7, 11) is 0. The lowest BCUT2D eigenvalue weighted by atomic mass is 10.0. The highest BCUT2D eigenvalue weighted by Gasteiger charge is 2.29. The number of amides is 1. The fraction of sp³-hybridized carbons (Fsp3) is 0.381. The van der Waals surface area contributed by atoms with E-state index in [0.717, 1.165) is 35.0 Å². The summed E-state index contributed by atoms with van der Waals surface area (Å²) in [5.74, 6) is -1.43. The summed E-state index contributed by atoms with van der Waals surface area (Å²) in [5, 5.41) is 12.5. The maximum Gasteiger partial charge on any atom is 0.319 e. The molecule has 0 spiro atoms. The number of anilines is 1. The van der Waals surface area contributed by atoms with Crippen LogP contribution < -0.4 is 5.32 Å². The van der Waals surface area contributed by atoms with Gasteiger partial charge in [0.15, 0.2) is 5.78 Å². The Labute approximate surface area is 173 Å². The number of rotatable bonds is 9. The third-order valence-corrected chi connectivity index (χ3v) is 6.83. The molecule has 0 saturated heterocycles. The number of ketones is 1. The summed E-state index contributed by atoms with van der Waals surface area (Å²) >= 11 is 2.43. The first-order valence-electron chi connectivity index (χ1n) is 9.11. The van der Waals surface area contributed by atoms with E-state index >= 15 is 0 Å². The van der Waals surface area contributed by atoms with Crippen molar-refractivity contribution in [2.75, 3.05) is 11.1 Å². The maximum atomic E-state index is 13.0. The molecule has 1 heterocycles. The van der Waals surface area contributed by atoms with Crippen LogP contribution in [0.2, 0.25) is 0 Å². The molecule has 0 bridgehead atoms. The average Bonchev–Trinajstić information content (AvgIpc) is 3.08. The molecule has 0 fully saturated rings. The molecule has 0 unspecified atom stereocenters. The van der Waals surface area contributed by atoms with Gasteiger partial charge in [-0.1, -0.05) is 38.1 Å². The van der Waals surface area contributed by atoms with E-state index in [-0.39, 0.29) is 17.4 Å². The van der Waals surface area contributed by atoms with Crippen LogP contribution in [-0.2, 0) is 22.4 Å². The molecule has 1 amide bonds. The number of benzene rings is 1. The maximum absolute atomic E-state index is 13.0. The summed E-state index contributed by atoms with van der Waals surface area (Å²) in [4.78, 5) is 37.5. The zero-order valence-corrected chi connectivity index (χ0v) is 18.1. The Balaban J connectivity index is 2.18. The molecule has 0 aliphatic heterocycles. The van der Waals surface area contributed by atoms with Gasteiger partial charge in [-0.25, -0.2) is 0 Å². The lowest BCUT2D eigenvalue weighted by Crippen LogP contribution is -2.29. The number of nitrogens with one attached hydrogen (secondary N) is 1. The van der Waals surface area contributed by atoms with Crippen molar-refractivity contribution in [3.05, 3.63) is 51.9 Å². The van der Waals surface area contributed by atoms with Gasteiger partial charge in [-0.05, 0) is 38.3 Å².